The number of hydrogen-bond acceptors (Lipinski definition) is 7. The maximum atomic E-state index is 12.8. The Bertz CT molecular complexity index is 1040. The molecule has 2 aromatic rings. The number of H-pyrrole nitrogens is 1. The molecule has 2 fully saturated rings. The molecule has 0 unspecified atom stereocenters. The van der Waals surface area contributed by atoms with E-state index in [2.05, 4.69) is 32.9 Å². The number of hydrogen-bond donors (Lipinski definition) is 3. The van der Waals surface area contributed by atoms with Gasteiger partial charge >= 0.3 is 0 Å². The van der Waals surface area contributed by atoms with E-state index in [1.165, 1.54) is 11.8 Å². The molecule has 4 rings (SSSR count). The summed E-state index contributed by atoms with van der Waals surface area (Å²) in [5, 5.41) is 15.0. The molecule has 2 aromatic heterocycles. The van der Waals surface area contributed by atoms with Crippen LogP contribution in [0.3, 0.4) is 0 Å². The van der Waals surface area contributed by atoms with Crippen LogP contribution in [0.5, 0.6) is 0 Å². The van der Waals surface area contributed by atoms with E-state index in [0.29, 0.717) is 29.3 Å². The van der Waals surface area contributed by atoms with E-state index in [0.717, 1.165) is 55.2 Å². The van der Waals surface area contributed by atoms with E-state index in [4.69, 9.17) is 4.74 Å². The monoisotopic (exact) mass is 474 g/mol. The molecule has 1 saturated carbocycles. The van der Waals surface area contributed by atoms with E-state index in [-0.39, 0.29) is 24.1 Å². The van der Waals surface area contributed by atoms with E-state index in [1.54, 1.807) is 0 Å². The van der Waals surface area contributed by atoms with Gasteiger partial charge in [-0.1, -0.05) is 5.21 Å². The largest absolute Gasteiger partial charge is 0.378 e. The molecule has 0 spiro atoms. The summed E-state index contributed by atoms with van der Waals surface area (Å²) >= 11 is 1.49. The first-order valence-corrected chi connectivity index (χ1v) is 12.9. The van der Waals surface area contributed by atoms with Gasteiger partial charge in [0.1, 0.15) is 0 Å². The minimum absolute atomic E-state index is 0.148. The predicted molar refractivity (Wildman–Crippen MR) is 128 cm³/mol. The zero-order chi connectivity index (χ0) is 23.5. The van der Waals surface area contributed by atoms with Gasteiger partial charge in [0.25, 0.3) is 11.5 Å². The van der Waals surface area contributed by atoms with Crippen molar-refractivity contribution in [3.8, 4) is 0 Å². The van der Waals surface area contributed by atoms with Crippen molar-refractivity contribution >= 4 is 17.7 Å². The van der Waals surface area contributed by atoms with Crippen LogP contribution in [0.2, 0.25) is 0 Å². The molecular weight excluding hydrogens is 440 g/mol. The third kappa shape index (κ3) is 5.33. The van der Waals surface area contributed by atoms with Crippen molar-refractivity contribution in [2.75, 3.05) is 19.5 Å². The Hall–Kier alpha value is -2.17. The number of carbonyl (C=O) groups is 1. The fourth-order valence-corrected chi connectivity index (χ4v) is 5.56. The molecule has 10 heteroatoms. The maximum absolute atomic E-state index is 12.8. The van der Waals surface area contributed by atoms with Gasteiger partial charge in [-0.3, -0.25) is 9.59 Å². The van der Waals surface area contributed by atoms with Crippen LogP contribution in [0.25, 0.3) is 0 Å². The molecule has 9 nitrogen and oxygen atoms in total. The van der Waals surface area contributed by atoms with E-state index < -0.39 is 0 Å². The molecule has 3 heterocycles. The average molecular weight is 475 g/mol. The second-order valence-electron chi connectivity index (χ2n) is 9.23. The number of thioether (sulfide) groups is 1. The molecule has 2 aliphatic rings. The lowest BCUT2D eigenvalue weighted by Crippen LogP contribution is -2.51. The lowest BCUT2D eigenvalue weighted by molar-refractivity contribution is -0.0131. The quantitative estimate of drug-likeness (QED) is 0.503. The molecule has 1 saturated heterocycles. The summed E-state index contributed by atoms with van der Waals surface area (Å²) in [6.07, 6.45) is 6.47. The SMILES string of the molecule is CSc1cc(C)[nH]c(=O)c1CNC(=O)c1nnn([C@H](C)C2CCC(NC3COC3)CC2)c1C. The van der Waals surface area contributed by atoms with Gasteiger partial charge < -0.3 is 20.4 Å². The fraction of sp³-hybridized carbons (Fsp3) is 0.652. The Kier molecular flexibility index (Phi) is 7.55. The van der Waals surface area contributed by atoms with Crippen LogP contribution < -0.4 is 16.2 Å². The van der Waals surface area contributed by atoms with Gasteiger partial charge in [-0.2, -0.15) is 0 Å². The zero-order valence-corrected chi connectivity index (χ0v) is 20.6. The predicted octanol–water partition coefficient (Wildman–Crippen LogP) is 2.34. The van der Waals surface area contributed by atoms with Crippen molar-refractivity contribution in [1.82, 2.24) is 30.6 Å². The van der Waals surface area contributed by atoms with Crippen LogP contribution in [-0.2, 0) is 11.3 Å². The highest BCUT2D eigenvalue weighted by molar-refractivity contribution is 7.98. The smallest absolute Gasteiger partial charge is 0.274 e. The summed E-state index contributed by atoms with van der Waals surface area (Å²) < 4.78 is 7.15. The fourth-order valence-electron chi connectivity index (χ4n) is 4.86. The Balaban J connectivity index is 1.36. The molecule has 1 aliphatic heterocycles. The van der Waals surface area contributed by atoms with Crippen LogP contribution in [0.15, 0.2) is 15.8 Å². The van der Waals surface area contributed by atoms with Gasteiger partial charge in [0, 0.05) is 28.7 Å². The minimum atomic E-state index is -0.311. The topological polar surface area (TPSA) is 114 Å². The number of rotatable bonds is 8. The van der Waals surface area contributed by atoms with Gasteiger partial charge in [0.15, 0.2) is 5.69 Å². The number of ether oxygens (including phenoxy) is 1. The molecule has 1 amide bonds. The van der Waals surface area contributed by atoms with Crippen LogP contribution in [0.1, 0.15) is 66.1 Å². The van der Waals surface area contributed by atoms with Crippen molar-refractivity contribution in [3.63, 3.8) is 0 Å². The maximum Gasteiger partial charge on any atom is 0.274 e. The Labute approximate surface area is 198 Å². The zero-order valence-electron chi connectivity index (χ0n) is 19.8. The summed E-state index contributed by atoms with van der Waals surface area (Å²) in [5.74, 6) is 0.195. The lowest BCUT2D eigenvalue weighted by atomic mass is 9.81. The minimum Gasteiger partial charge on any atom is -0.378 e. The van der Waals surface area contributed by atoms with Crippen LogP contribution in [0.4, 0.5) is 0 Å². The highest BCUT2D eigenvalue weighted by Gasteiger charge is 2.31. The molecule has 0 bridgehead atoms. The third-order valence-electron chi connectivity index (χ3n) is 6.97. The number of aromatic nitrogens is 4. The normalized spacial score (nSPS) is 22.1. The highest BCUT2D eigenvalue weighted by Crippen LogP contribution is 2.33. The van der Waals surface area contributed by atoms with E-state index in [1.807, 2.05) is 30.9 Å². The molecule has 180 valence electrons. The molecule has 1 aliphatic carbocycles. The highest BCUT2D eigenvalue weighted by atomic mass is 32.2. The van der Waals surface area contributed by atoms with Crippen molar-refractivity contribution in [1.29, 1.82) is 0 Å². The number of nitrogens with zero attached hydrogens (tertiary/aromatic N) is 3. The standard InChI is InChI=1S/C23H34N6O3S/c1-13-9-20(33-4)19(22(30)25-13)10-24-23(31)21-15(3)29(28-27-21)14(2)16-5-7-17(8-6-16)26-18-11-32-12-18/h9,14,16-18,26H,5-8,10-12H2,1-4H3,(H,24,31)(H,25,30)/t14-,16?,17?/m1/s1. The number of nitrogens with one attached hydrogen (secondary N) is 3. The van der Waals surface area contributed by atoms with E-state index in [9.17, 15) is 9.59 Å². The summed E-state index contributed by atoms with van der Waals surface area (Å²) in [4.78, 5) is 28.9. The molecule has 33 heavy (non-hydrogen) atoms. The average Bonchev–Trinajstić information content (AvgIpc) is 3.16. The van der Waals surface area contributed by atoms with Gasteiger partial charge in [-0.25, -0.2) is 4.68 Å². The van der Waals surface area contributed by atoms with Crippen molar-refractivity contribution < 1.29 is 9.53 Å². The van der Waals surface area contributed by atoms with Crippen LogP contribution in [-0.4, -0.2) is 57.4 Å². The molecule has 3 N–H and O–H groups in total. The third-order valence-corrected chi connectivity index (χ3v) is 7.77. The first-order chi connectivity index (χ1) is 15.9. The van der Waals surface area contributed by atoms with Gasteiger partial charge in [0.2, 0.25) is 0 Å². The first-order valence-electron chi connectivity index (χ1n) is 11.7. The summed E-state index contributed by atoms with van der Waals surface area (Å²) in [6.45, 7) is 7.71. The molecule has 0 radical (unpaired) electrons. The number of carbonyl (C=O) groups excluding carboxylic acids is 1. The lowest BCUT2D eigenvalue weighted by Gasteiger charge is -2.37. The number of amides is 1. The molecule has 1 atom stereocenters. The second kappa shape index (κ2) is 10.4. The van der Waals surface area contributed by atoms with Crippen molar-refractivity contribution in [2.45, 2.75) is 76.0 Å². The van der Waals surface area contributed by atoms with Gasteiger partial charge in [-0.15, -0.1) is 16.9 Å². The summed E-state index contributed by atoms with van der Waals surface area (Å²) in [7, 11) is 0. The number of aromatic amines is 1. The summed E-state index contributed by atoms with van der Waals surface area (Å²) in [6, 6.07) is 3.18. The summed E-state index contributed by atoms with van der Waals surface area (Å²) in [5.41, 5.74) is 2.25. The van der Waals surface area contributed by atoms with Crippen LogP contribution in [0, 0.1) is 19.8 Å². The van der Waals surface area contributed by atoms with Gasteiger partial charge in [-0.05, 0) is 64.7 Å². The molecular formula is C23H34N6O3S. The van der Waals surface area contributed by atoms with Crippen molar-refractivity contribution in [3.05, 3.63) is 39.1 Å². The molecule has 0 aromatic carbocycles. The van der Waals surface area contributed by atoms with Crippen LogP contribution >= 0.6 is 11.8 Å². The Morgan fingerprint density at radius 3 is 2.64 bits per heavy atom. The number of aryl methyl sites for hydroxylation is 1. The van der Waals surface area contributed by atoms with Gasteiger partial charge in [0.05, 0.1) is 31.0 Å². The second-order valence-corrected chi connectivity index (χ2v) is 10.1. The van der Waals surface area contributed by atoms with Crippen molar-refractivity contribution in [2.24, 2.45) is 5.92 Å². The Morgan fingerprint density at radius 1 is 1.27 bits per heavy atom. The first kappa shape index (κ1) is 24.0. The van der Waals surface area contributed by atoms with E-state index >= 15 is 0 Å². The number of pyridine rings is 1. The Morgan fingerprint density at radius 2 is 2.00 bits per heavy atom.